The molecule has 2 fully saturated rings. The van der Waals surface area contributed by atoms with Gasteiger partial charge in [-0.25, -0.2) is 4.98 Å². The molecule has 0 aliphatic heterocycles. The largest absolute Gasteiger partial charge is 0.496 e. The summed E-state index contributed by atoms with van der Waals surface area (Å²) < 4.78 is 5.46. The van der Waals surface area contributed by atoms with Crippen LogP contribution < -0.4 is 9.64 Å². The number of amides is 1. The standard InChI is InChI=1S/C33H42N2O3S/c1-23-20-28(13-16-31(23)38-2)26-9-6-25(7-10-26)22-35(33(37)27-11-14-30(36)15-12-27)29-5-3-4-24(21-29)8-17-32-34-18-19-39-32/h3-5,13,16,18-21,25-27,30,36H,6-12,14-15,17,22H2,1-2H3. The van der Waals surface area contributed by atoms with E-state index in [9.17, 15) is 9.90 Å². The number of nitrogens with zero attached hydrogens (tertiary/aromatic N) is 2. The Labute approximate surface area is 237 Å². The predicted octanol–water partition coefficient (Wildman–Crippen LogP) is 7.10. The second kappa shape index (κ2) is 13.1. The van der Waals surface area contributed by atoms with Gasteiger partial charge in [0, 0.05) is 36.1 Å². The highest BCUT2D eigenvalue weighted by Gasteiger charge is 2.32. The van der Waals surface area contributed by atoms with E-state index in [1.54, 1.807) is 18.4 Å². The van der Waals surface area contributed by atoms with Gasteiger partial charge in [-0.3, -0.25) is 4.79 Å². The maximum atomic E-state index is 13.9. The van der Waals surface area contributed by atoms with Crippen molar-refractivity contribution in [1.82, 2.24) is 4.98 Å². The van der Waals surface area contributed by atoms with Crippen LogP contribution in [0.25, 0.3) is 0 Å². The van der Waals surface area contributed by atoms with E-state index in [1.807, 2.05) is 11.6 Å². The van der Waals surface area contributed by atoms with Crippen molar-refractivity contribution < 1.29 is 14.6 Å². The molecule has 3 aromatic rings. The van der Waals surface area contributed by atoms with Gasteiger partial charge >= 0.3 is 0 Å². The van der Waals surface area contributed by atoms with Gasteiger partial charge in [-0.05, 0) is 111 Å². The summed E-state index contributed by atoms with van der Waals surface area (Å²) >= 11 is 1.70. The molecule has 39 heavy (non-hydrogen) atoms. The Bertz CT molecular complexity index is 1210. The minimum absolute atomic E-state index is 0.00554. The molecule has 5 nitrogen and oxygen atoms in total. The number of aryl methyl sites for hydroxylation is 3. The number of aliphatic hydroxyl groups excluding tert-OH is 1. The third kappa shape index (κ3) is 7.09. The van der Waals surface area contributed by atoms with Gasteiger partial charge in [0.25, 0.3) is 0 Å². The Morgan fingerprint density at radius 3 is 2.51 bits per heavy atom. The fraction of sp³-hybridized carbons (Fsp3) is 0.515. The summed E-state index contributed by atoms with van der Waals surface area (Å²) in [4.78, 5) is 20.5. The maximum absolute atomic E-state index is 13.9. The number of carbonyl (C=O) groups excluding carboxylic acids is 1. The first-order chi connectivity index (χ1) is 19.0. The number of aromatic nitrogens is 1. The van der Waals surface area contributed by atoms with Crippen LogP contribution >= 0.6 is 11.3 Å². The van der Waals surface area contributed by atoms with Gasteiger partial charge in [-0.1, -0.05) is 24.3 Å². The van der Waals surface area contributed by atoms with Crippen molar-refractivity contribution in [3.05, 3.63) is 75.7 Å². The average Bonchev–Trinajstić information content (AvgIpc) is 3.49. The predicted molar refractivity (Wildman–Crippen MR) is 159 cm³/mol. The van der Waals surface area contributed by atoms with Crippen LogP contribution in [0, 0.1) is 18.8 Å². The molecule has 208 valence electrons. The van der Waals surface area contributed by atoms with Crippen molar-refractivity contribution >= 4 is 22.9 Å². The number of anilines is 1. The van der Waals surface area contributed by atoms with E-state index in [0.717, 1.165) is 87.2 Å². The molecule has 1 amide bonds. The summed E-state index contributed by atoms with van der Waals surface area (Å²) in [6, 6.07) is 15.2. The third-order valence-electron chi connectivity index (χ3n) is 8.82. The molecule has 0 radical (unpaired) electrons. The number of aliphatic hydroxyl groups is 1. The van der Waals surface area contributed by atoms with E-state index >= 15 is 0 Å². The second-order valence-electron chi connectivity index (χ2n) is 11.5. The minimum atomic E-state index is -0.256. The molecular formula is C33H42N2O3S. The molecule has 1 heterocycles. The molecule has 0 atom stereocenters. The quantitative estimate of drug-likeness (QED) is 0.311. The lowest BCUT2D eigenvalue weighted by atomic mass is 9.78. The van der Waals surface area contributed by atoms with Gasteiger partial charge in [-0.2, -0.15) is 0 Å². The van der Waals surface area contributed by atoms with E-state index in [1.165, 1.54) is 16.7 Å². The molecule has 0 unspecified atom stereocenters. The van der Waals surface area contributed by atoms with Gasteiger partial charge < -0.3 is 14.7 Å². The van der Waals surface area contributed by atoms with Gasteiger partial charge in [-0.15, -0.1) is 11.3 Å². The summed E-state index contributed by atoms with van der Waals surface area (Å²) in [5.74, 6) is 2.27. The highest BCUT2D eigenvalue weighted by molar-refractivity contribution is 7.09. The first-order valence-corrected chi connectivity index (χ1v) is 15.5. The monoisotopic (exact) mass is 546 g/mol. The Morgan fingerprint density at radius 1 is 1.03 bits per heavy atom. The Morgan fingerprint density at radius 2 is 1.82 bits per heavy atom. The van der Waals surface area contributed by atoms with Crippen LogP contribution in [0.1, 0.15) is 79.0 Å². The Hall–Kier alpha value is -2.70. The summed E-state index contributed by atoms with van der Waals surface area (Å²) in [6.45, 7) is 2.90. The summed E-state index contributed by atoms with van der Waals surface area (Å²) in [5.41, 5.74) is 4.88. The number of hydrogen-bond acceptors (Lipinski definition) is 5. The molecule has 2 aromatic carbocycles. The van der Waals surface area contributed by atoms with E-state index < -0.39 is 0 Å². The van der Waals surface area contributed by atoms with Crippen LogP contribution in [-0.2, 0) is 17.6 Å². The topological polar surface area (TPSA) is 62.7 Å². The molecule has 6 heteroatoms. The van der Waals surface area contributed by atoms with Crippen molar-refractivity contribution in [3.8, 4) is 5.75 Å². The number of thiazole rings is 1. The first-order valence-electron chi connectivity index (χ1n) is 14.6. The summed E-state index contributed by atoms with van der Waals surface area (Å²) in [6.07, 6.45) is 11.0. The minimum Gasteiger partial charge on any atom is -0.496 e. The van der Waals surface area contributed by atoms with Crippen LogP contribution in [0.2, 0.25) is 0 Å². The second-order valence-corrected chi connectivity index (χ2v) is 12.5. The molecule has 0 bridgehead atoms. The van der Waals surface area contributed by atoms with Crippen molar-refractivity contribution in [2.75, 3.05) is 18.6 Å². The van der Waals surface area contributed by atoms with E-state index in [2.05, 4.69) is 59.3 Å². The lowest BCUT2D eigenvalue weighted by molar-refractivity contribution is -0.124. The summed E-state index contributed by atoms with van der Waals surface area (Å²) in [5, 5.41) is 13.2. The highest BCUT2D eigenvalue weighted by Crippen LogP contribution is 2.38. The van der Waals surface area contributed by atoms with Crippen LogP contribution in [0.3, 0.4) is 0 Å². The van der Waals surface area contributed by atoms with Gasteiger partial charge in [0.2, 0.25) is 5.91 Å². The normalized spacial score (nSPS) is 23.4. The summed E-state index contributed by atoms with van der Waals surface area (Å²) in [7, 11) is 1.73. The van der Waals surface area contributed by atoms with Gasteiger partial charge in [0.1, 0.15) is 5.75 Å². The number of methoxy groups -OCH3 is 1. The number of rotatable bonds is 9. The first kappa shape index (κ1) is 27.9. The number of ether oxygens (including phenoxy) is 1. The SMILES string of the molecule is COc1ccc(C2CCC(CN(C(=O)C3CCC(O)CC3)c3cccc(CCc4nccs4)c3)CC2)cc1C. The zero-order valence-corrected chi connectivity index (χ0v) is 24.2. The van der Waals surface area contributed by atoms with E-state index in [4.69, 9.17) is 4.74 Å². The zero-order chi connectivity index (χ0) is 27.2. The fourth-order valence-corrected chi connectivity index (χ4v) is 7.09. The van der Waals surface area contributed by atoms with Crippen LogP contribution in [-0.4, -0.2) is 35.8 Å². The molecule has 2 saturated carbocycles. The molecule has 1 aromatic heterocycles. The molecule has 2 aliphatic carbocycles. The lowest BCUT2D eigenvalue weighted by Gasteiger charge is -2.36. The highest BCUT2D eigenvalue weighted by atomic mass is 32.1. The Kier molecular flexibility index (Phi) is 9.36. The van der Waals surface area contributed by atoms with Crippen molar-refractivity contribution in [2.24, 2.45) is 11.8 Å². The number of carbonyl (C=O) groups is 1. The Balaban J connectivity index is 1.28. The molecular weight excluding hydrogens is 504 g/mol. The van der Waals surface area contributed by atoms with Gasteiger partial charge in [0.05, 0.1) is 18.2 Å². The van der Waals surface area contributed by atoms with Crippen LogP contribution in [0.15, 0.2) is 54.0 Å². The van der Waals surface area contributed by atoms with E-state index in [0.29, 0.717) is 11.8 Å². The molecule has 0 saturated heterocycles. The number of benzene rings is 2. The molecule has 2 aliphatic rings. The zero-order valence-electron chi connectivity index (χ0n) is 23.4. The fourth-order valence-electron chi connectivity index (χ4n) is 6.47. The van der Waals surface area contributed by atoms with Crippen LogP contribution in [0.4, 0.5) is 5.69 Å². The smallest absolute Gasteiger partial charge is 0.230 e. The molecule has 1 N–H and O–H groups in total. The molecule has 5 rings (SSSR count). The van der Waals surface area contributed by atoms with Gasteiger partial charge in [0.15, 0.2) is 0 Å². The number of hydrogen-bond donors (Lipinski definition) is 1. The molecule has 0 spiro atoms. The average molecular weight is 547 g/mol. The maximum Gasteiger partial charge on any atom is 0.230 e. The van der Waals surface area contributed by atoms with Crippen molar-refractivity contribution in [2.45, 2.75) is 83.2 Å². The lowest BCUT2D eigenvalue weighted by Crippen LogP contribution is -2.41. The van der Waals surface area contributed by atoms with E-state index in [-0.39, 0.29) is 17.9 Å². The third-order valence-corrected chi connectivity index (χ3v) is 9.66. The van der Waals surface area contributed by atoms with Crippen LogP contribution in [0.5, 0.6) is 5.75 Å². The van der Waals surface area contributed by atoms with Crippen molar-refractivity contribution in [1.29, 1.82) is 0 Å². The van der Waals surface area contributed by atoms with Crippen molar-refractivity contribution in [3.63, 3.8) is 0 Å².